The van der Waals surface area contributed by atoms with Crippen LogP contribution in [0.25, 0.3) is 0 Å². The van der Waals surface area contributed by atoms with Gasteiger partial charge in [-0.3, -0.25) is 9.78 Å². The lowest BCUT2D eigenvalue weighted by Crippen LogP contribution is -2.39. The Morgan fingerprint density at radius 3 is 2.87 bits per heavy atom. The summed E-state index contributed by atoms with van der Waals surface area (Å²) in [5.41, 5.74) is 1.95. The van der Waals surface area contributed by atoms with Crippen molar-refractivity contribution in [3.05, 3.63) is 51.5 Å². The van der Waals surface area contributed by atoms with Gasteiger partial charge in [0.2, 0.25) is 0 Å². The van der Waals surface area contributed by atoms with Gasteiger partial charge in [-0.1, -0.05) is 6.92 Å². The Balaban J connectivity index is 1.84. The lowest BCUT2D eigenvalue weighted by atomic mass is 9.97. The molecule has 1 amide bonds. The van der Waals surface area contributed by atoms with Crippen LogP contribution in [0.4, 0.5) is 0 Å². The standard InChI is InChI=1S/C17H18N2O3S/c1-3-14-12-7-9-23-15(12)6-8-19(14)16(20)13-5-4-11(10-18-13)17(21)22-2/h4-5,7,9-10,14H,3,6,8H2,1-2H3. The van der Waals surface area contributed by atoms with E-state index in [2.05, 4.69) is 28.1 Å². The van der Waals surface area contributed by atoms with Crippen LogP contribution in [0.5, 0.6) is 0 Å². The summed E-state index contributed by atoms with van der Waals surface area (Å²) in [7, 11) is 1.32. The number of esters is 1. The van der Waals surface area contributed by atoms with Crippen LogP contribution in [0.3, 0.4) is 0 Å². The van der Waals surface area contributed by atoms with Gasteiger partial charge >= 0.3 is 5.97 Å². The van der Waals surface area contributed by atoms with Gasteiger partial charge in [-0.05, 0) is 42.0 Å². The van der Waals surface area contributed by atoms with E-state index in [0.29, 0.717) is 17.8 Å². The van der Waals surface area contributed by atoms with E-state index >= 15 is 0 Å². The minimum atomic E-state index is -0.455. The maximum Gasteiger partial charge on any atom is 0.339 e. The summed E-state index contributed by atoms with van der Waals surface area (Å²) in [5.74, 6) is -0.547. The summed E-state index contributed by atoms with van der Waals surface area (Å²) in [6, 6.07) is 5.37. The Hall–Kier alpha value is -2.21. The highest BCUT2D eigenvalue weighted by Crippen LogP contribution is 2.35. The number of hydrogen-bond acceptors (Lipinski definition) is 5. The summed E-state index contributed by atoms with van der Waals surface area (Å²) in [4.78, 5) is 31.6. The third kappa shape index (κ3) is 2.86. The molecule has 6 heteroatoms. The highest BCUT2D eigenvalue weighted by atomic mass is 32.1. The lowest BCUT2D eigenvalue weighted by Gasteiger charge is -2.35. The van der Waals surface area contributed by atoms with E-state index in [-0.39, 0.29) is 11.9 Å². The first-order valence-electron chi connectivity index (χ1n) is 7.57. The molecular formula is C17H18N2O3S. The Morgan fingerprint density at radius 1 is 1.39 bits per heavy atom. The number of pyridine rings is 1. The van der Waals surface area contributed by atoms with Crippen molar-refractivity contribution in [3.63, 3.8) is 0 Å². The Kier molecular flexibility index (Phi) is 4.43. The van der Waals surface area contributed by atoms with Crippen LogP contribution in [-0.2, 0) is 11.2 Å². The van der Waals surface area contributed by atoms with Gasteiger partial charge in [0.05, 0.1) is 18.7 Å². The first-order chi connectivity index (χ1) is 11.2. The molecule has 1 aliphatic rings. The summed E-state index contributed by atoms with van der Waals surface area (Å²) in [6.07, 6.45) is 3.14. The molecule has 0 spiro atoms. The molecule has 120 valence electrons. The molecule has 0 fully saturated rings. The highest BCUT2D eigenvalue weighted by molar-refractivity contribution is 7.10. The van der Waals surface area contributed by atoms with E-state index < -0.39 is 5.97 Å². The largest absolute Gasteiger partial charge is 0.465 e. The zero-order chi connectivity index (χ0) is 16.4. The normalized spacial score (nSPS) is 16.8. The van der Waals surface area contributed by atoms with Gasteiger partial charge in [-0.15, -0.1) is 11.3 Å². The van der Waals surface area contributed by atoms with Crippen molar-refractivity contribution in [3.8, 4) is 0 Å². The number of carbonyl (C=O) groups excluding carboxylic acids is 2. The number of aromatic nitrogens is 1. The minimum Gasteiger partial charge on any atom is -0.465 e. The van der Waals surface area contributed by atoms with Crippen molar-refractivity contribution < 1.29 is 14.3 Å². The number of thiophene rings is 1. The van der Waals surface area contributed by atoms with Gasteiger partial charge in [-0.2, -0.15) is 0 Å². The molecule has 3 heterocycles. The van der Waals surface area contributed by atoms with Crippen molar-refractivity contribution in [2.75, 3.05) is 13.7 Å². The SMILES string of the molecule is CCC1c2ccsc2CCN1C(=O)c1ccc(C(=O)OC)cn1. The van der Waals surface area contributed by atoms with Crippen LogP contribution < -0.4 is 0 Å². The predicted octanol–water partition coefficient (Wildman–Crippen LogP) is 3.08. The molecule has 2 aromatic heterocycles. The molecule has 3 rings (SSSR count). The molecule has 5 nitrogen and oxygen atoms in total. The number of hydrogen-bond donors (Lipinski definition) is 0. The quantitative estimate of drug-likeness (QED) is 0.812. The summed E-state index contributed by atoms with van der Waals surface area (Å²) in [6.45, 7) is 2.79. The van der Waals surface area contributed by atoms with Gasteiger partial charge in [0.25, 0.3) is 5.91 Å². The van der Waals surface area contributed by atoms with Crippen molar-refractivity contribution in [2.24, 2.45) is 0 Å². The molecular weight excluding hydrogens is 312 g/mol. The molecule has 1 atom stereocenters. The van der Waals surface area contributed by atoms with Gasteiger partial charge in [0.15, 0.2) is 0 Å². The average molecular weight is 330 g/mol. The fourth-order valence-electron chi connectivity index (χ4n) is 2.99. The van der Waals surface area contributed by atoms with Crippen LogP contribution in [0, 0.1) is 0 Å². The predicted molar refractivity (Wildman–Crippen MR) is 87.7 cm³/mol. The number of rotatable bonds is 3. The van der Waals surface area contributed by atoms with Crippen LogP contribution in [0.2, 0.25) is 0 Å². The number of ether oxygens (including phenoxy) is 1. The zero-order valence-electron chi connectivity index (χ0n) is 13.1. The second kappa shape index (κ2) is 6.50. The first-order valence-corrected chi connectivity index (χ1v) is 8.45. The van der Waals surface area contributed by atoms with E-state index in [1.54, 1.807) is 23.5 Å². The first kappa shape index (κ1) is 15.7. The fourth-order valence-corrected chi connectivity index (χ4v) is 3.91. The Bertz CT molecular complexity index is 724. The monoisotopic (exact) mass is 330 g/mol. The van der Waals surface area contributed by atoms with E-state index in [1.165, 1.54) is 23.7 Å². The maximum atomic E-state index is 12.8. The van der Waals surface area contributed by atoms with Crippen LogP contribution in [0.1, 0.15) is 50.7 Å². The molecule has 1 unspecified atom stereocenters. The van der Waals surface area contributed by atoms with E-state index in [4.69, 9.17) is 0 Å². The minimum absolute atomic E-state index is 0.0925. The molecule has 0 saturated heterocycles. The maximum absolute atomic E-state index is 12.8. The van der Waals surface area contributed by atoms with E-state index in [9.17, 15) is 9.59 Å². The molecule has 0 N–H and O–H groups in total. The smallest absolute Gasteiger partial charge is 0.339 e. The molecule has 2 aromatic rings. The number of methoxy groups -OCH3 is 1. The van der Waals surface area contributed by atoms with E-state index in [0.717, 1.165) is 12.8 Å². The van der Waals surface area contributed by atoms with Gasteiger partial charge < -0.3 is 9.64 Å². The lowest BCUT2D eigenvalue weighted by molar-refractivity contribution is 0.0596. The van der Waals surface area contributed by atoms with Crippen molar-refractivity contribution in [2.45, 2.75) is 25.8 Å². The third-order valence-electron chi connectivity index (χ3n) is 4.15. The zero-order valence-corrected chi connectivity index (χ0v) is 13.9. The van der Waals surface area contributed by atoms with Gasteiger partial charge in [0.1, 0.15) is 5.69 Å². The van der Waals surface area contributed by atoms with Crippen LogP contribution in [-0.4, -0.2) is 35.4 Å². The summed E-state index contributed by atoms with van der Waals surface area (Å²) >= 11 is 1.76. The molecule has 0 saturated carbocycles. The number of carbonyl (C=O) groups is 2. The van der Waals surface area contributed by atoms with Crippen molar-refractivity contribution >= 4 is 23.2 Å². The highest BCUT2D eigenvalue weighted by Gasteiger charge is 2.31. The van der Waals surface area contributed by atoms with Crippen LogP contribution in [0.15, 0.2) is 29.8 Å². The molecule has 23 heavy (non-hydrogen) atoms. The second-order valence-corrected chi connectivity index (χ2v) is 6.40. The third-order valence-corrected chi connectivity index (χ3v) is 5.14. The number of fused-ring (bicyclic) bond motifs is 1. The number of amides is 1. The molecule has 0 bridgehead atoms. The number of nitrogens with zero attached hydrogens (tertiary/aromatic N) is 2. The Morgan fingerprint density at radius 2 is 2.22 bits per heavy atom. The fraction of sp³-hybridized carbons (Fsp3) is 0.353. The molecule has 0 aromatic carbocycles. The molecule has 0 aliphatic carbocycles. The van der Waals surface area contributed by atoms with Gasteiger partial charge in [0, 0.05) is 17.6 Å². The Labute approximate surface area is 138 Å². The van der Waals surface area contributed by atoms with E-state index in [1.807, 2.05) is 4.90 Å². The van der Waals surface area contributed by atoms with Crippen molar-refractivity contribution in [1.29, 1.82) is 0 Å². The van der Waals surface area contributed by atoms with Crippen LogP contribution >= 0.6 is 11.3 Å². The summed E-state index contributed by atoms with van der Waals surface area (Å²) in [5, 5.41) is 2.09. The second-order valence-electron chi connectivity index (χ2n) is 5.40. The summed E-state index contributed by atoms with van der Waals surface area (Å²) < 4.78 is 4.64. The molecule has 0 radical (unpaired) electrons. The molecule has 1 aliphatic heterocycles. The topological polar surface area (TPSA) is 59.5 Å². The van der Waals surface area contributed by atoms with Crippen molar-refractivity contribution in [1.82, 2.24) is 9.88 Å². The average Bonchev–Trinajstić information content (AvgIpc) is 3.08. The van der Waals surface area contributed by atoms with Gasteiger partial charge in [-0.25, -0.2) is 4.79 Å².